The number of nitrogens with one attached hydrogen (secondary N) is 2. The molecule has 2 amide bonds. The fourth-order valence-electron chi connectivity index (χ4n) is 3.86. The van der Waals surface area contributed by atoms with Gasteiger partial charge in [0.2, 0.25) is 11.8 Å². The predicted molar refractivity (Wildman–Crippen MR) is 148 cm³/mol. The molecule has 214 valence electrons. The first-order valence-electron chi connectivity index (χ1n) is 13.4. The van der Waals surface area contributed by atoms with E-state index in [0.29, 0.717) is 0 Å². The van der Waals surface area contributed by atoms with Gasteiger partial charge in [-0.3, -0.25) is 14.4 Å². The lowest BCUT2D eigenvalue weighted by Crippen LogP contribution is -2.54. The van der Waals surface area contributed by atoms with Crippen LogP contribution in [0.4, 0.5) is 0 Å². The molecule has 3 N–H and O–H groups in total. The minimum atomic E-state index is -1.23. The number of hydrogen-bond acceptors (Lipinski definition) is 7. The fourth-order valence-corrected chi connectivity index (χ4v) is 3.86. The number of aliphatic hydroxyl groups excluding tert-OH is 1. The molecule has 0 bridgehead atoms. The van der Waals surface area contributed by atoms with Gasteiger partial charge in [0, 0.05) is 18.9 Å². The summed E-state index contributed by atoms with van der Waals surface area (Å²) >= 11 is 0. The Morgan fingerprint density at radius 2 is 1.72 bits per heavy atom. The maximum absolute atomic E-state index is 13.3. The highest BCUT2D eigenvalue weighted by Crippen LogP contribution is 2.23. The summed E-state index contributed by atoms with van der Waals surface area (Å²) in [6.45, 7) is 10.1. The first kappa shape index (κ1) is 31.8. The summed E-state index contributed by atoms with van der Waals surface area (Å²) in [4.78, 5) is 51.7. The van der Waals surface area contributed by atoms with Crippen molar-refractivity contribution >= 4 is 29.8 Å². The van der Waals surface area contributed by atoms with Crippen LogP contribution in [-0.2, 0) is 28.7 Å². The van der Waals surface area contributed by atoms with Gasteiger partial charge in [-0.15, -0.1) is 0 Å². The maximum Gasteiger partial charge on any atom is 0.347 e. The minimum Gasteiger partial charge on any atom is -0.459 e. The summed E-state index contributed by atoms with van der Waals surface area (Å²) in [6, 6.07) is 8.44. The minimum absolute atomic E-state index is 0.0352. The Morgan fingerprint density at radius 1 is 1.05 bits per heavy atom. The van der Waals surface area contributed by atoms with Crippen molar-refractivity contribution in [3.05, 3.63) is 54.1 Å². The van der Waals surface area contributed by atoms with Gasteiger partial charge in [0.15, 0.2) is 6.10 Å². The smallest absolute Gasteiger partial charge is 0.347 e. The highest BCUT2D eigenvalue weighted by Gasteiger charge is 2.37. The summed E-state index contributed by atoms with van der Waals surface area (Å²) in [5.74, 6) is -2.78. The number of cyclic esters (lactones) is 2. The normalized spacial score (nSPS) is 25.8. The molecule has 1 heterocycles. The third-order valence-corrected chi connectivity index (χ3v) is 6.40. The first-order valence-corrected chi connectivity index (χ1v) is 13.4. The Kier molecular flexibility index (Phi) is 11.9. The molecule has 1 aliphatic rings. The second-order valence-electron chi connectivity index (χ2n) is 11.1. The van der Waals surface area contributed by atoms with Crippen molar-refractivity contribution in [2.45, 2.75) is 78.7 Å². The first-order chi connectivity index (χ1) is 18.3. The van der Waals surface area contributed by atoms with Gasteiger partial charge < -0.3 is 25.2 Å². The van der Waals surface area contributed by atoms with Crippen molar-refractivity contribution in [3.63, 3.8) is 0 Å². The van der Waals surface area contributed by atoms with Crippen molar-refractivity contribution < 1.29 is 33.8 Å². The number of carbonyl (C=O) groups excluding carboxylic acids is 4. The quantitative estimate of drug-likeness (QED) is 0.471. The number of rotatable bonds is 6. The van der Waals surface area contributed by atoms with E-state index in [4.69, 9.17) is 9.47 Å². The lowest BCUT2D eigenvalue weighted by Gasteiger charge is -2.29. The monoisotopic (exact) mass is 542 g/mol. The lowest BCUT2D eigenvalue weighted by atomic mass is 9.93. The van der Waals surface area contributed by atoms with Gasteiger partial charge in [0.05, 0.1) is 11.5 Å². The molecule has 1 aliphatic heterocycles. The van der Waals surface area contributed by atoms with E-state index in [0.717, 1.165) is 5.56 Å². The molecular formula is C30H42N2O7. The third-order valence-electron chi connectivity index (χ3n) is 6.40. The van der Waals surface area contributed by atoms with Gasteiger partial charge in [0.25, 0.3) is 0 Å². The van der Waals surface area contributed by atoms with Crippen molar-refractivity contribution in [3.8, 4) is 0 Å². The van der Waals surface area contributed by atoms with Crippen LogP contribution in [0, 0.1) is 17.3 Å². The highest BCUT2D eigenvalue weighted by atomic mass is 16.6. The van der Waals surface area contributed by atoms with Crippen LogP contribution in [0.3, 0.4) is 0 Å². The Labute approximate surface area is 231 Å². The van der Waals surface area contributed by atoms with Crippen LogP contribution < -0.4 is 10.6 Å². The van der Waals surface area contributed by atoms with Crippen LogP contribution in [0.5, 0.6) is 0 Å². The molecule has 1 aromatic rings. The van der Waals surface area contributed by atoms with Gasteiger partial charge in [-0.1, -0.05) is 69.3 Å². The van der Waals surface area contributed by atoms with Crippen molar-refractivity contribution in [2.75, 3.05) is 6.54 Å². The van der Waals surface area contributed by atoms with Gasteiger partial charge in [-0.2, -0.15) is 0 Å². The molecule has 0 unspecified atom stereocenters. The zero-order valence-corrected chi connectivity index (χ0v) is 23.7. The maximum atomic E-state index is 13.3. The topological polar surface area (TPSA) is 131 Å². The molecule has 0 fully saturated rings. The van der Waals surface area contributed by atoms with Gasteiger partial charge >= 0.3 is 11.9 Å². The molecule has 0 saturated heterocycles. The number of benzene rings is 1. The van der Waals surface area contributed by atoms with Crippen LogP contribution in [-0.4, -0.2) is 59.8 Å². The van der Waals surface area contributed by atoms with E-state index in [1.807, 2.05) is 63.3 Å². The second kappa shape index (κ2) is 14.6. The molecule has 9 heteroatoms. The Hall–Kier alpha value is -3.46. The Balaban J connectivity index is 2.40. The summed E-state index contributed by atoms with van der Waals surface area (Å²) < 4.78 is 11.5. The van der Waals surface area contributed by atoms with E-state index in [-0.39, 0.29) is 31.2 Å². The summed E-state index contributed by atoms with van der Waals surface area (Å²) in [6.07, 6.45) is 4.12. The molecule has 0 radical (unpaired) electrons. The van der Waals surface area contributed by atoms with E-state index in [2.05, 4.69) is 10.6 Å². The molecule has 0 saturated carbocycles. The van der Waals surface area contributed by atoms with Gasteiger partial charge in [0.1, 0.15) is 12.1 Å². The van der Waals surface area contributed by atoms with E-state index in [1.165, 1.54) is 13.0 Å². The van der Waals surface area contributed by atoms with Gasteiger partial charge in [-0.05, 0) is 44.7 Å². The van der Waals surface area contributed by atoms with Crippen molar-refractivity contribution in [1.82, 2.24) is 10.6 Å². The molecule has 9 nitrogen and oxygen atoms in total. The lowest BCUT2D eigenvalue weighted by molar-refractivity contribution is -0.178. The number of amides is 2. The number of aliphatic hydroxyl groups is 1. The van der Waals surface area contributed by atoms with Crippen molar-refractivity contribution in [1.29, 1.82) is 0 Å². The summed E-state index contributed by atoms with van der Waals surface area (Å²) in [7, 11) is 0. The van der Waals surface area contributed by atoms with Crippen LogP contribution in [0.1, 0.15) is 59.9 Å². The molecule has 0 aliphatic carbocycles. The number of carbonyl (C=O) groups is 4. The predicted octanol–water partition coefficient (Wildman–Crippen LogP) is 3.17. The molecule has 39 heavy (non-hydrogen) atoms. The molecule has 0 spiro atoms. The van der Waals surface area contributed by atoms with Crippen LogP contribution in [0.2, 0.25) is 0 Å². The average molecular weight is 543 g/mol. The molecule has 0 aromatic heterocycles. The van der Waals surface area contributed by atoms with Gasteiger partial charge in [-0.25, -0.2) is 4.79 Å². The second-order valence-corrected chi connectivity index (χ2v) is 11.1. The molecule has 1 aromatic carbocycles. The number of hydrogen-bond donors (Lipinski definition) is 3. The van der Waals surface area contributed by atoms with Crippen LogP contribution in [0.15, 0.2) is 48.6 Å². The Morgan fingerprint density at radius 3 is 2.33 bits per heavy atom. The zero-order chi connectivity index (χ0) is 29.2. The zero-order valence-electron chi connectivity index (χ0n) is 23.7. The van der Waals surface area contributed by atoms with E-state index in [9.17, 15) is 24.3 Å². The van der Waals surface area contributed by atoms with Crippen molar-refractivity contribution in [2.24, 2.45) is 17.3 Å². The third kappa shape index (κ3) is 10.3. The van der Waals surface area contributed by atoms with Crippen LogP contribution in [0.25, 0.3) is 6.08 Å². The Bertz CT molecular complexity index is 1050. The van der Waals surface area contributed by atoms with E-state index >= 15 is 0 Å². The summed E-state index contributed by atoms with van der Waals surface area (Å²) in [5, 5.41) is 15.2. The molecular weight excluding hydrogens is 500 g/mol. The molecule has 2 rings (SSSR count). The van der Waals surface area contributed by atoms with Crippen LogP contribution >= 0.6 is 0 Å². The fraction of sp³-hybridized carbons (Fsp3) is 0.533. The summed E-state index contributed by atoms with van der Waals surface area (Å²) in [5.41, 5.74) is -0.212. The van der Waals surface area contributed by atoms with E-state index < -0.39 is 53.5 Å². The number of ether oxygens (including phenoxy) is 2. The molecule has 5 atom stereocenters. The standard InChI is InChI=1S/C30H42N2O7/c1-19(2)17-24-28(36)38-23(20(3)15-16-22-11-8-7-9-12-22)13-10-14-25(34)32-26(21(4)33)27(35)31-18-30(5,6)29(37)39-24/h7-12,14-16,19-21,23-24,26,33H,13,17-18H2,1-6H3,(H,31,35)(H,32,34)/b14-10+,16-15+/t20-,21+,23+,24+,26-/m1/s1. The average Bonchev–Trinajstić information content (AvgIpc) is 2.87. The SMILES string of the molecule is CC(C)C[C@@H]1OC(=O)C(C)(C)CNC(=O)[C@@H]([C@H](C)O)NC(=O)/C=C/C[C@@H]([C@H](C)/C=C/c2ccccc2)OC1=O. The number of esters is 2. The highest BCUT2D eigenvalue weighted by molar-refractivity contribution is 5.93. The largest absolute Gasteiger partial charge is 0.459 e. The van der Waals surface area contributed by atoms with E-state index in [1.54, 1.807) is 19.9 Å².